The standard InChI is InChI=1S/C19H19N5O2/c25-18(21-11-12-5-3-6-12)17-15(9-4-10-20-17)22-19(26)16-13-7-1-2-8-14(13)23-24-16/h1-2,4,7-10,12H,3,5-6,11H2,(H,21,25)(H,22,26)(H,23,24). The van der Waals surface area contributed by atoms with Gasteiger partial charge in [-0.05, 0) is 37.0 Å². The fourth-order valence-corrected chi connectivity index (χ4v) is 3.02. The van der Waals surface area contributed by atoms with Crippen molar-refractivity contribution >= 4 is 28.4 Å². The van der Waals surface area contributed by atoms with Gasteiger partial charge in [-0.15, -0.1) is 0 Å². The van der Waals surface area contributed by atoms with Crippen molar-refractivity contribution in [3.8, 4) is 0 Å². The summed E-state index contributed by atoms with van der Waals surface area (Å²) in [6, 6.07) is 10.7. The Kier molecular flexibility index (Phi) is 4.35. The molecule has 7 nitrogen and oxygen atoms in total. The number of nitrogens with zero attached hydrogens (tertiary/aromatic N) is 2. The molecule has 1 saturated carbocycles. The zero-order valence-electron chi connectivity index (χ0n) is 14.2. The number of nitrogens with one attached hydrogen (secondary N) is 3. The molecule has 0 saturated heterocycles. The Labute approximate surface area is 150 Å². The summed E-state index contributed by atoms with van der Waals surface area (Å²) in [5.74, 6) is -0.112. The average molecular weight is 349 g/mol. The molecule has 2 amide bonds. The summed E-state index contributed by atoms with van der Waals surface area (Å²) in [7, 11) is 0. The van der Waals surface area contributed by atoms with Gasteiger partial charge in [-0.25, -0.2) is 4.98 Å². The third-order valence-corrected chi connectivity index (χ3v) is 4.73. The van der Waals surface area contributed by atoms with E-state index in [2.05, 4.69) is 25.8 Å². The average Bonchev–Trinajstić information content (AvgIpc) is 3.05. The van der Waals surface area contributed by atoms with Crippen LogP contribution in [0.5, 0.6) is 0 Å². The number of pyridine rings is 1. The number of rotatable bonds is 5. The lowest BCUT2D eigenvalue weighted by molar-refractivity contribution is 0.0935. The van der Waals surface area contributed by atoms with Gasteiger partial charge < -0.3 is 10.6 Å². The van der Waals surface area contributed by atoms with E-state index in [1.165, 1.54) is 12.6 Å². The van der Waals surface area contributed by atoms with Crippen molar-refractivity contribution in [1.29, 1.82) is 0 Å². The molecular formula is C19H19N5O2. The molecule has 7 heteroatoms. The molecular weight excluding hydrogens is 330 g/mol. The van der Waals surface area contributed by atoms with E-state index in [0.29, 0.717) is 18.2 Å². The Morgan fingerprint density at radius 2 is 1.92 bits per heavy atom. The molecule has 0 atom stereocenters. The zero-order chi connectivity index (χ0) is 17.9. The van der Waals surface area contributed by atoms with Gasteiger partial charge in [-0.2, -0.15) is 5.10 Å². The van der Waals surface area contributed by atoms with Crippen molar-refractivity contribution in [2.75, 3.05) is 11.9 Å². The van der Waals surface area contributed by atoms with E-state index in [9.17, 15) is 9.59 Å². The quantitative estimate of drug-likeness (QED) is 0.659. The number of aromatic amines is 1. The molecule has 1 aliphatic rings. The number of aromatic nitrogens is 3. The van der Waals surface area contributed by atoms with Crippen LogP contribution in [0.2, 0.25) is 0 Å². The molecule has 132 valence electrons. The first-order valence-electron chi connectivity index (χ1n) is 8.70. The smallest absolute Gasteiger partial charge is 0.276 e. The van der Waals surface area contributed by atoms with Gasteiger partial charge in [0.1, 0.15) is 0 Å². The Balaban J connectivity index is 1.52. The maximum Gasteiger partial charge on any atom is 0.276 e. The van der Waals surface area contributed by atoms with Crippen LogP contribution in [0, 0.1) is 5.92 Å². The number of carbonyl (C=O) groups excluding carboxylic acids is 2. The summed E-state index contributed by atoms with van der Waals surface area (Å²) in [6.07, 6.45) is 5.07. The first kappa shape index (κ1) is 16.3. The van der Waals surface area contributed by atoms with E-state index < -0.39 is 0 Å². The Hall–Kier alpha value is -3.22. The molecule has 0 radical (unpaired) electrons. The molecule has 1 fully saturated rings. The van der Waals surface area contributed by atoms with Crippen molar-refractivity contribution < 1.29 is 9.59 Å². The van der Waals surface area contributed by atoms with Gasteiger partial charge in [0.15, 0.2) is 11.4 Å². The van der Waals surface area contributed by atoms with Crippen LogP contribution in [0.4, 0.5) is 5.69 Å². The molecule has 0 spiro atoms. The molecule has 1 aliphatic carbocycles. The van der Waals surface area contributed by atoms with Gasteiger partial charge in [0.2, 0.25) is 0 Å². The summed E-state index contributed by atoms with van der Waals surface area (Å²) < 4.78 is 0. The minimum absolute atomic E-state index is 0.208. The Morgan fingerprint density at radius 1 is 1.08 bits per heavy atom. The molecule has 0 aliphatic heterocycles. The molecule has 2 aromatic heterocycles. The van der Waals surface area contributed by atoms with E-state index in [1.54, 1.807) is 12.1 Å². The number of amides is 2. The van der Waals surface area contributed by atoms with Gasteiger partial charge in [0.05, 0.1) is 11.2 Å². The number of hydrogen-bond donors (Lipinski definition) is 3. The minimum atomic E-state index is -0.386. The van der Waals surface area contributed by atoms with E-state index in [4.69, 9.17) is 0 Å². The first-order valence-corrected chi connectivity index (χ1v) is 8.70. The van der Waals surface area contributed by atoms with Gasteiger partial charge in [-0.3, -0.25) is 14.7 Å². The van der Waals surface area contributed by atoms with Gasteiger partial charge in [0.25, 0.3) is 11.8 Å². The highest BCUT2D eigenvalue weighted by Crippen LogP contribution is 2.25. The van der Waals surface area contributed by atoms with Crippen LogP contribution in [0.1, 0.15) is 40.2 Å². The lowest BCUT2D eigenvalue weighted by Gasteiger charge is -2.25. The molecule has 26 heavy (non-hydrogen) atoms. The number of fused-ring (bicyclic) bond motifs is 1. The highest BCUT2D eigenvalue weighted by Gasteiger charge is 2.21. The second kappa shape index (κ2) is 6.95. The van der Waals surface area contributed by atoms with Gasteiger partial charge in [0, 0.05) is 18.1 Å². The molecule has 0 bridgehead atoms. The van der Waals surface area contributed by atoms with Gasteiger partial charge >= 0.3 is 0 Å². The SMILES string of the molecule is O=C(NCC1CCC1)c1ncccc1NC(=O)c1n[nH]c2ccccc12. The van der Waals surface area contributed by atoms with E-state index >= 15 is 0 Å². The van der Waals surface area contributed by atoms with Gasteiger partial charge in [-0.1, -0.05) is 24.6 Å². The number of hydrogen-bond acceptors (Lipinski definition) is 4. The fraction of sp³-hybridized carbons (Fsp3) is 0.263. The maximum atomic E-state index is 12.6. The molecule has 3 aromatic rings. The number of benzene rings is 1. The number of carbonyl (C=O) groups is 2. The molecule has 0 unspecified atom stereocenters. The van der Waals surface area contributed by atoms with Crippen molar-refractivity contribution in [1.82, 2.24) is 20.5 Å². The van der Waals surface area contributed by atoms with Crippen LogP contribution < -0.4 is 10.6 Å². The third kappa shape index (κ3) is 3.15. The van der Waals surface area contributed by atoms with Crippen LogP contribution >= 0.6 is 0 Å². The molecule has 4 rings (SSSR count). The molecule has 2 heterocycles. The maximum absolute atomic E-state index is 12.6. The number of para-hydroxylation sites is 1. The van der Waals surface area contributed by atoms with Crippen LogP contribution in [-0.2, 0) is 0 Å². The zero-order valence-corrected chi connectivity index (χ0v) is 14.2. The Bertz CT molecular complexity index is 961. The number of anilines is 1. The van der Waals surface area contributed by atoms with Crippen LogP contribution in [0.3, 0.4) is 0 Å². The lowest BCUT2D eigenvalue weighted by atomic mass is 9.85. The van der Waals surface area contributed by atoms with Crippen LogP contribution in [0.25, 0.3) is 10.9 Å². The number of H-pyrrole nitrogens is 1. The Morgan fingerprint density at radius 3 is 2.73 bits per heavy atom. The van der Waals surface area contributed by atoms with Crippen molar-refractivity contribution in [3.63, 3.8) is 0 Å². The summed E-state index contributed by atoms with van der Waals surface area (Å²) in [6.45, 7) is 0.646. The van der Waals surface area contributed by atoms with Crippen molar-refractivity contribution in [2.45, 2.75) is 19.3 Å². The topological polar surface area (TPSA) is 99.8 Å². The fourth-order valence-electron chi connectivity index (χ4n) is 3.02. The van der Waals surface area contributed by atoms with E-state index in [-0.39, 0.29) is 23.2 Å². The van der Waals surface area contributed by atoms with E-state index in [1.807, 2.05) is 24.3 Å². The van der Waals surface area contributed by atoms with Crippen LogP contribution in [0.15, 0.2) is 42.6 Å². The van der Waals surface area contributed by atoms with Crippen molar-refractivity contribution in [2.24, 2.45) is 5.92 Å². The molecule has 3 N–H and O–H groups in total. The molecule has 1 aromatic carbocycles. The summed E-state index contributed by atoms with van der Waals surface area (Å²) in [4.78, 5) is 29.2. The highest BCUT2D eigenvalue weighted by atomic mass is 16.2. The summed E-state index contributed by atoms with van der Waals surface area (Å²) >= 11 is 0. The first-order chi connectivity index (χ1) is 12.7. The summed E-state index contributed by atoms with van der Waals surface area (Å²) in [5, 5.41) is 13.3. The lowest BCUT2D eigenvalue weighted by Crippen LogP contribution is -2.33. The van der Waals surface area contributed by atoms with Crippen molar-refractivity contribution in [3.05, 3.63) is 54.0 Å². The third-order valence-electron chi connectivity index (χ3n) is 4.73. The predicted molar refractivity (Wildman–Crippen MR) is 98.0 cm³/mol. The summed E-state index contributed by atoms with van der Waals surface area (Å²) in [5.41, 5.74) is 1.64. The normalized spacial score (nSPS) is 14.0. The second-order valence-electron chi connectivity index (χ2n) is 6.48. The largest absolute Gasteiger partial charge is 0.350 e. The monoisotopic (exact) mass is 349 g/mol. The predicted octanol–water partition coefficient (Wildman–Crippen LogP) is 2.74. The van der Waals surface area contributed by atoms with E-state index in [0.717, 1.165) is 23.7 Å². The second-order valence-corrected chi connectivity index (χ2v) is 6.48. The minimum Gasteiger partial charge on any atom is -0.350 e. The highest BCUT2D eigenvalue weighted by molar-refractivity contribution is 6.13. The van der Waals surface area contributed by atoms with Crippen LogP contribution in [-0.4, -0.2) is 33.5 Å².